The van der Waals surface area contributed by atoms with Gasteiger partial charge in [-0.15, -0.1) is 0 Å². The summed E-state index contributed by atoms with van der Waals surface area (Å²) in [5.41, 5.74) is 4.19. The van der Waals surface area contributed by atoms with E-state index < -0.39 is 0 Å². The minimum absolute atomic E-state index is 0.154. The Morgan fingerprint density at radius 1 is 0.879 bits per heavy atom. The van der Waals surface area contributed by atoms with E-state index in [1.807, 2.05) is 53.4 Å². The predicted octanol–water partition coefficient (Wildman–Crippen LogP) is 4.48. The smallest absolute Gasteiger partial charge is 0.233 e. The molecule has 1 amide bonds. The Morgan fingerprint density at radius 2 is 1.58 bits per heavy atom. The topological polar surface area (TPSA) is 50.6 Å². The minimum Gasteiger partial charge on any atom is -0.497 e. The van der Waals surface area contributed by atoms with E-state index in [4.69, 9.17) is 9.72 Å². The van der Waals surface area contributed by atoms with Crippen molar-refractivity contribution >= 4 is 34.4 Å². The SMILES string of the molecule is COc1ccc(N2CCN(C(=O)CSc3nc4ccccc4n3-c3ccccc3)CC2)cc1. The maximum Gasteiger partial charge on any atom is 0.233 e. The molecule has 1 aliphatic heterocycles. The van der Waals surface area contributed by atoms with Crippen molar-refractivity contribution in [3.8, 4) is 11.4 Å². The monoisotopic (exact) mass is 458 g/mol. The zero-order valence-corrected chi connectivity index (χ0v) is 19.4. The van der Waals surface area contributed by atoms with Gasteiger partial charge in [0.1, 0.15) is 5.75 Å². The van der Waals surface area contributed by atoms with Gasteiger partial charge in [-0.2, -0.15) is 0 Å². The molecule has 0 bridgehead atoms. The molecule has 0 aliphatic carbocycles. The van der Waals surface area contributed by atoms with Crippen LogP contribution in [0.1, 0.15) is 0 Å². The summed E-state index contributed by atoms with van der Waals surface area (Å²) in [4.78, 5) is 22.1. The lowest BCUT2D eigenvalue weighted by Gasteiger charge is -2.36. The van der Waals surface area contributed by atoms with Crippen LogP contribution in [0.4, 0.5) is 5.69 Å². The zero-order chi connectivity index (χ0) is 22.6. The summed E-state index contributed by atoms with van der Waals surface area (Å²) in [5.74, 6) is 1.38. The lowest BCUT2D eigenvalue weighted by atomic mass is 10.2. The highest BCUT2D eigenvalue weighted by atomic mass is 32.2. The first-order valence-electron chi connectivity index (χ1n) is 11.1. The van der Waals surface area contributed by atoms with Crippen LogP contribution < -0.4 is 9.64 Å². The number of methoxy groups -OCH3 is 1. The van der Waals surface area contributed by atoms with E-state index in [0.29, 0.717) is 5.75 Å². The van der Waals surface area contributed by atoms with Crippen LogP contribution in [0, 0.1) is 0 Å². The molecule has 1 saturated heterocycles. The predicted molar refractivity (Wildman–Crippen MR) is 134 cm³/mol. The van der Waals surface area contributed by atoms with E-state index in [1.54, 1.807) is 7.11 Å². The van der Waals surface area contributed by atoms with Crippen molar-refractivity contribution in [1.82, 2.24) is 14.5 Å². The summed E-state index contributed by atoms with van der Waals surface area (Å²) in [6, 6.07) is 26.4. The van der Waals surface area contributed by atoms with Crippen LogP contribution >= 0.6 is 11.8 Å². The molecule has 0 N–H and O–H groups in total. The van der Waals surface area contributed by atoms with E-state index in [0.717, 1.165) is 59.5 Å². The van der Waals surface area contributed by atoms with Gasteiger partial charge in [0.25, 0.3) is 0 Å². The van der Waals surface area contributed by atoms with E-state index in [2.05, 4.69) is 39.8 Å². The summed E-state index contributed by atoms with van der Waals surface area (Å²) < 4.78 is 7.38. The number of para-hydroxylation sites is 3. The van der Waals surface area contributed by atoms with Crippen LogP contribution in [0.25, 0.3) is 16.7 Å². The first-order chi connectivity index (χ1) is 16.2. The fraction of sp³-hybridized carbons (Fsp3) is 0.231. The number of carbonyl (C=O) groups excluding carboxylic acids is 1. The fourth-order valence-corrected chi connectivity index (χ4v) is 5.08. The van der Waals surface area contributed by atoms with Crippen molar-refractivity contribution in [2.45, 2.75) is 5.16 Å². The standard InChI is InChI=1S/C26H26N4O2S/c1-32-22-13-11-20(12-14-22)28-15-17-29(18-16-28)25(31)19-33-26-27-23-9-5-6-10-24(23)30(26)21-7-3-2-4-8-21/h2-14H,15-19H2,1H3. The van der Waals surface area contributed by atoms with Crippen LogP contribution in [0.5, 0.6) is 5.75 Å². The normalized spacial score (nSPS) is 14.0. The summed E-state index contributed by atoms with van der Waals surface area (Å²) in [6.45, 7) is 3.09. The lowest BCUT2D eigenvalue weighted by Crippen LogP contribution is -2.49. The molecular weight excluding hydrogens is 432 g/mol. The molecule has 33 heavy (non-hydrogen) atoms. The Kier molecular flexibility index (Phi) is 6.21. The average molecular weight is 459 g/mol. The molecule has 1 aliphatic rings. The second kappa shape index (κ2) is 9.58. The van der Waals surface area contributed by atoms with Crippen molar-refractivity contribution in [3.63, 3.8) is 0 Å². The molecular formula is C26H26N4O2S. The van der Waals surface area contributed by atoms with E-state index >= 15 is 0 Å². The second-order valence-corrected chi connectivity index (χ2v) is 8.85. The lowest BCUT2D eigenvalue weighted by molar-refractivity contribution is -0.128. The van der Waals surface area contributed by atoms with Gasteiger partial charge in [-0.1, -0.05) is 42.1 Å². The fourth-order valence-electron chi connectivity index (χ4n) is 4.15. The Labute approximate surface area is 197 Å². The van der Waals surface area contributed by atoms with Crippen molar-refractivity contribution < 1.29 is 9.53 Å². The molecule has 6 nitrogen and oxygen atoms in total. The number of anilines is 1. The molecule has 0 saturated carbocycles. The van der Waals surface area contributed by atoms with Crippen LogP contribution in [-0.4, -0.2) is 59.4 Å². The van der Waals surface area contributed by atoms with Gasteiger partial charge in [-0.3, -0.25) is 9.36 Å². The van der Waals surface area contributed by atoms with E-state index in [1.165, 1.54) is 11.8 Å². The largest absolute Gasteiger partial charge is 0.497 e. The van der Waals surface area contributed by atoms with Crippen molar-refractivity contribution in [2.75, 3.05) is 43.9 Å². The van der Waals surface area contributed by atoms with Crippen LogP contribution in [-0.2, 0) is 4.79 Å². The Balaban J connectivity index is 1.25. The van der Waals surface area contributed by atoms with Gasteiger partial charge in [0.05, 0.1) is 23.9 Å². The van der Waals surface area contributed by atoms with Crippen molar-refractivity contribution in [1.29, 1.82) is 0 Å². The number of hydrogen-bond donors (Lipinski definition) is 0. The Bertz CT molecular complexity index is 1230. The number of thioether (sulfide) groups is 1. The van der Waals surface area contributed by atoms with Gasteiger partial charge in [-0.05, 0) is 48.5 Å². The van der Waals surface area contributed by atoms with Crippen molar-refractivity contribution in [2.24, 2.45) is 0 Å². The Morgan fingerprint density at radius 3 is 2.30 bits per heavy atom. The first-order valence-corrected chi connectivity index (χ1v) is 12.0. The molecule has 0 unspecified atom stereocenters. The molecule has 1 aromatic heterocycles. The van der Waals surface area contributed by atoms with Gasteiger partial charge in [0, 0.05) is 37.6 Å². The summed E-state index contributed by atoms with van der Waals surface area (Å²) >= 11 is 1.50. The maximum absolute atomic E-state index is 13.0. The molecule has 3 aromatic carbocycles. The minimum atomic E-state index is 0.154. The van der Waals surface area contributed by atoms with Crippen LogP contribution in [0.3, 0.4) is 0 Å². The summed E-state index contributed by atoms with van der Waals surface area (Å²) in [7, 11) is 1.67. The van der Waals surface area contributed by atoms with E-state index in [-0.39, 0.29) is 5.91 Å². The quantitative estimate of drug-likeness (QED) is 0.399. The van der Waals surface area contributed by atoms with Gasteiger partial charge in [0.15, 0.2) is 5.16 Å². The molecule has 168 valence electrons. The molecule has 0 atom stereocenters. The number of imidazole rings is 1. The number of carbonyl (C=O) groups is 1. The summed E-state index contributed by atoms with van der Waals surface area (Å²) in [6.07, 6.45) is 0. The third kappa shape index (κ3) is 4.54. The molecule has 7 heteroatoms. The molecule has 0 spiro atoms. The van der Waals surface area contributed by atoms with Crippen LogP contribution in [0.2, 0.25) is 0 Å². The van der Waals surface area contributed by atoms with Crippen LogP contribution in [0.15, 0.2) is 84.0 Å². The number of nitrogens with zero attached hydrogens (tertiary/aromatic N) is 4. The number of amides is 1. The highest BCUT2D eigenvalue weighted by molar-refractivity contribution is 7.99. The van der Waals surface area contributed by atoms with Gasteiger partial charge < -0.3 is 14.5 Å². The Hall–Kier alpha value is -3.45. The molecule has 2 heterocycles. The molecule has 4 aromatic rings. The molecule has 5 rings (SSSR count). The molecule has 1 fully saturated rings. The first kappa shape index (κ1) is 21.4. The highest BCUT2D eigenvalue weighted by Gasteiger charge is 2.22. The van der Waals surface area contributed by atoms with Gasteiger partial charge in [-0.25, -0.2) is 4.98 Å². The van der Waals surface area contributed by atoms with Gasteiger partial charge in [0.2, 0.25) is 5.91 Å². The van der Waals surface area contributed by atoms with Gasteiger partial charge >= 0.3 is 0 Å². The number of hydrogen-bond acceptors (Lipinski definition) is 5. The van der Waals surface area contributed by atoms with Crippen molar-refractivity contribution in [3.05, 3.63) is 78.9 Å². The maximum atomic E-state index is 13.0. The highest BCUT2D eigenvalue weighted by Crippen LogP contribution is 2.28. The number of aromatic nitrogens is 2. The summed E-state index contributed by atoms with van der Waals surface area (Å²) in [5, 5.41) is 0.840. The number of rotatable bonds is 6. The number of piperazine rings is 1. The second-order valence-electron chi connectivity index (χ2n) is 7.91. The molecule has 0 radical (unpaired) electrons. The third-order valence-corrected chi connectivity index (χ3v) is 6.86. The third-order valence-electron chi connectivity index (χ3n) is 5.94. The number of fused-ring (bicyclic) bond motifs is 1. The zero-order valence-electron chi connectivity index (χ0n) is 18.6. The van der Waals surface area contributed by atoms with E-state index in [9.17, 15) is 4.79 Å². The number of benzene rings is 3. The number of ether oxygens (including phenoxy) is 1. The average Bonchev–Trinajstić information content (AvgIpc) is 3.26.